The number of hydrogen-bond donors (Lipinski definition) is 1. The second-order valence-electron chi connectivity index (χ2n) is 5.16. The molecule has 0 atom stereocenters. The molecule has 0 aliphatic heterocycles. The number of benzene rings is 2. The van der Waals surface area contributed by atoms with E-state index in [2.05, 4.69) is 10.4 Å². The van der Waals surface area contributed by atoms with E-state index >= 15 is 0 Å². The van der Waals surface area contributed by atoms with Gasteiger partial charge < -0.3 is 10.1 Å². The minimum absolute atomic E-state index is 0.265. The first kappa shape index (κ1) is 17.5. The van der Waals surface area contributed by atoms with Crippen LogP contribution >= 0.6 is 23.4 Å². The van der Waals surface area contributed by atoms with Crippen molar-refractivity contribution in [3.05, 3.63) is 71.5 Å². The fourth-order valence-electron chi connectivity index (χ4n) is 2.16. The van der Waals surface area contributed by atoms with Gasteiger partial charge in [0.25, 0.3) is 5.91 Å². The van der Waals surface area contributed by atoms with Crippen LogP contribution in [0.3, 0.4) is 0 Å². The monoisotopic (exact) mass is 373 g/mol. The molecule has 3 aromatic rings. The van der Waals surface area contributed by atoms with Crippen LogP contribution in [0.15, 0.2) is 70.6 Å². The van der Waals surface area contributed by atoms with Crippen LogP contribution < -0.4 is 5.32 Å². The first-order valence-electron chi connectivity index (χ1n) is 7.52. The highest BCUT2D eigenvalue weighted by molar-refractivity contribution is 7.99. The van der Waals surface area contributed by atoms with Gasteiger partial charge in [-0.3, -0.25) is 4.79 Å². The summed E-state index contributed by atoms with van der Waals surface area (Å²) in [5, 5.41) is 7.78. The normalized spacial score (nSPS) is 10.6. The number of aromatic nitrogens is 2. The number of amides is 1. The lowest BCUT2D eigenvalue weighted by molar-refractivity contribution is 0.101. The standard InChI is InChI=1S/C18H16ClN3O2S/c1-24-12-22-11-10-16(21-22)18(23)20-15-4-2-3-5-17(15)25-14-8-6-13(19)7-9-14/h2-11H,12H2,1H3,(H,20,23). The molecule has 0 saturated heterocycles. The van der Waals surface area contributed by atoms with Crippen molar-refractivity contribution in [2.24, 2.45) is 0 Å². The van der Waals surface area contributed by atoms with Gasteiger partial charge in [0.2, 0.25) is 0 Å². The summed E-state index contributed by atoms with van der Waals surface area (Å²) in [4.78, 5) is 14.4. The minimum Gasteiger partial charge on any atom is -0.362 e. The highest BCUT2D eigenvalue weighted by Gasteiger charge is 2.12. The fourth-order valence-corrected chi connectivity index (χ4v) is 3.19. The molecular weight excluding hydrogens is 358 g/mol. The Morgan fingerprint density at radius 3 is 2.72 bits per heavy atom. The summed E-state index contributed by atoms with van der Waals surface area (Å²) in [5.41, 5.74) is 1.07. The summed E-state index contributed by atoms with van der Waals surface area (Å²) < 4.78 is 6.55. The molecule has 0 unspecified atom stereocenters. The lowest BCUT2D eigenvalue weighted by Crippen LogP contribution is -2.14. The SMILES string of the molecule is COCn1ccc(C(=O)Nc2ccccc2Sc2ccc(Cl)cc2)n1. The van der Waals surface area contributed by atoms with Crippen molar-refractivity contribution in [1.29, 1.82) is 0 Å². The van der Waals surface area contributed by atoms with E-state index in [9.17, 15) is 4.79 Å². The predicted octanol–water partition coefficient (Wildman–Crippen LogP) is 4.54. The van der Waals surface area contributed by atoms with Crippen molar-refractivity contribution in [2.45, 2.75) is 16.5 Å². The number of para-hydroxylation sites is 1. The van der Waals surface area contributed by atoms with Crippen LogP contribution in [0.4, 0.5) is 5.69 Å². The van der Waals surface area contributed by atoms with Crippen LogP contribution in [-0.2, 0) is 11.5 Å². The van der Waals surface area contributed by atoms with E-state index in [1.165, 1.54) is 0 Å². The van der Waals surface area contributed by atoms with Gasteiger partial charge in [-0.25, -0.2) is 4.68 Å². The van der Waals surface area contributed by atoms with Crippen LogP contribution in [0.5, 0.6) is 0 Å². The van der Waals surface area contributed by atoms with Crippen molar-refractivity contribution < 1.29 is 9.53 Å². The van der Waals surface area contributed by atoms with Crippen LogP contribution in [-0.4, -0.2) is 22.8 Å². The summed E-state index contributed by atoms with van der Waals surface area (Å²) >= 11 is 7.48. The van der Waals surface area contributed by atoms with Crippen LogP contribution in [0, 0.1) is 0 Å². The Labute approximate surface area is 154 Å². The summed E-state index contributed by atoms with van der Waals surface area (Å²) in [5.74, 6) is -0.265. The molecule has 1 N–H and O–H groups in total. The molecule has 128 valence electrons. The van der Waals surface area contributed by atoms with E-state index in [1.807, 2.05) is 48.5 Å². The number of anilines is 1. The zero-order valence-electron chi connectivity index (χ0n) is 13.5. The number of nitrogens with one attached hydrogen (secondary N) is 1. The first-order valence-corrected chi connectivity index (χ1v) is 8.71. The summed E-state index contributed by atoms with van der Waals surface area (Å²) in [6, 6.07) is 16.9. The molecule has 2 aromatic carbocycles. The van der Waals surface area contributed by atoms with Crippen molar-refractivity contribution in [3.8, 4) is 0 Å². The second-order valence-corrected chi connectivity index (χ2v) is 6.72. The molecule has 5 nitrogen and oxygen atoms in total. The van der Waals surface area contributed by atoms with Crippen LogP contribution in [0.2, 0.25) is 5.02 Å². The lowest BCUT2D eigenvalue weighted by atomic mass is 10.3. The minimum atomic E-state index is -0.265. The molecule has 0 spiro atoms. The van der Waals surface area contributed by atoms with Gasteiger partial charge in [0.1, 0.15) is 6.73 Å². The molecule has 0 aliphatic rings. The molecule has 7 heteroatoms. The smallest absolute Gasteiger partial charge is 0.276 e. The Kier molecular flexibility index (Phi) is 5.75. The largest absolute Gasteiger partial charge is 0.362 e. The van der Waals surface area contributed by atoms with Gasteiger partial charge in [0.15, 0.2) is 5.69 Å². The number of hydrogen-bond acceptors (Lipinski definition) is 4. The number of ether oxygens (including phenoxy) is 1. The van der Waals surface area contributed by atoms with Gasteiger partial charge in [-0.1, -0.05) is 35.5 Å². The van der Waals surface area contributed by atoms with Gasteiger partial charge in [-0.05, 0) is 42.5 Å². The molecular formula is C18H16ClN3O2S. The van der Waals surface area contributed by atoms with Gasteiger partial charge in [-0.2, -0.15) is 5.10 Å². The third-order valence-electron chi connectivity index (χ3n) is 3.31. The number of carbonyl (C=O) groups is 1. The highest BCUT2D eigenvalue weighted by Crippen LogP contribution is 2.34. The molecule has 1 aromatic heterocycles. The van der Waals surface area contributed by atoms with Gasteiger partial charge in [0.05, 0.1) is 5.69 Å². The predicted molar refractivity (Wildman–Crippen MR) is 99.2 cm³/mol. The molecule has 1 amide bonds. The van der Waals surface area contributed by atoms with Crippen molar-refractivity contribution in [1.82, 2.24) is 9.78 Å². The van der Waals surface area contributed by atoms with Crippen molar-refractivity contribution in [3.63, 3.8) is 0 Å². The number of halogens is 1. The number of methoxy groups -OCH3 is 1. The van der Waals surface area contributed by atoms with Gasteiger partial charge in [-0.15, -0.1) is 0 Å². The zero-order valence-corrected chi connectivity index (χ0v) is 15.1. The molecule has 0 fully saturated rings. The Morgan fingerprint density at radius 2 is 1.96 bits per heavy atom. The number of carbonyl (C=O) groups excluding carboxylic acids is 1. The van der Waals surface area contributed by atoms with E-state index in [0.717, 1.165) is 15.5 Å². The van der Waals surface area contributed by atoms with Crippen molar-refractivity contribution >= 4 is 35.0 Å². The first-order chi connectivity index (χ1) is 12.2. The molecule has 1 heterocycles. The molecule has 0 bridgehead atoms. The van der Waals surface area contributed by atoms with E-state index in [0.29, 0.717) is 17.4 Å². The molecule has 0 saturated carbocycles. The molecule has 25 heavy (non-hydrogen) atoms. The highest BCUT2D eigenvalue weighted by atomic mass is 35.5. The van der Waals surface area contributed by atoms with Crippen molar-refractivity contribution in [2.75, 3.05) is 12.4 Å². The third-order valence-corrected chi connectivity index (χ3v) is 4.65. The summed E-state index contributed by atoms with van der Waals surface area (Å²) in [7, 11) is 1.58. The fraction of sp³-hybridized carbons (Fsp3) is 0.111. The van der Waals surface area contributed by atoms with E-state index < -0.39 is 0 Å². The topological polar surface area (TPSA) is 56.1 Å². The Balaban J connectivity index is 1.75. The maximum Gasteiger partial charge on any atom is 0.276 e. The maximum absolute atomic E-state index is 12.4. The zero-order chi connectivity index (χ0) is 17.6. The number of rotatable bonds is 6. The van der Waals surface area contributed by atoms with E-state index in [1.54, 1.807) is 35.8 Å². The second kappa shape index (κ2) is 8.20. The Morgan fingerprint density at radius 1 is 1.20 bits per heavy atom. The van der Waals surface area contributed by atoms with Gasteiger partial charge in [0, 0.05) is 28.1 Å². The van der Waals surface area contributed by atoms with Gasteiger partial charge >= 0.3 is 0 Å². The average Bonchev–Trinajstić information content (AvgIpc) is 3.08. The lowest BCUT2D eigenvalue weighted by Gasteiger charge is -2.10. The summed E-state index contributed by atoms with van der Waals surface area (Å²) in [6.45, 7) is 0.302. The third kappa shape index (κ3) is 4.63. The molecule has 0 radical (unpaired) electrons. The van der Waals surface area contributed by atoms with E-state index in [4.69, 9.17) is 16.3 Å². The maximum atomic E-state index is 12.4. The van der Waals surface area contributed by atoms with E-state index in [-0.39, 0.29) is 5.91 Å². The quantitative estimate of drug-likeness (QED) is 0.689. The molecule has 3 rings (SSSR count). The average molecular weight is 374 g/mol. The Hall–Kier alpha value is -2.28. The number of nitrogens with zero attached hydrogens (tertiary/aromatic N) is 2. The molecule has 0 aliphatic carbocycles. The van der Waals surface area contributed by atoms with Crippen LogP contribution in [0.25, 0.3) is 0 Å². The van der Waals surface area contributed by atoms with Crippen LogP contribution in [0.1, 0.15) is 10.5 Å². The Bertz CT molecular complexity index is 865. The summed E-state index contributed by atoms with van der Waals surface area (Å²) in [6.07, 6.45) is 1.70.